The van der Waals surface area contributed by atoms with Crippen molar-refractivity contribution in [1.82, 2.24) is 10.2 Å². The summed E-state index contributed by atoms with van der Waals surface area (Å²) in [4.78, 5) is 27.2. The van der Waals surface area contributed by atoms with Crippen molar-refractivity contribution in [2.45, 2.75) is 18.9 Å². The largest absolute Gasteiger partial charge is 0.366 e. The number of piperazine rings is 1. The van der Waals surface area contributed by atoms with Crippen molar-refractivity contribution in [1.29, 1.82) is 0 Å². The topological polar surface area (TPSA) is 52.7 Å². The van der Waals surface area contributed by atoms with Gasteiger partial charge >= 0.3 is 0 Å². The third kappa shape index (κ3) is 2.84. The molecule has 0 aromatic heterocycles. The van der Waals surface area contributed by atoms with Crippen LogP contribution in [-0.4, -0.2) is 48.9 Å². The van der Waals surface area contributed by atoms with Crippen LogP contribution in [0.25, 0.3) is 0 Å². The van der Waals surface area contributed by atoms with Gasteiger partial charge in [-0.2, -0.15) is 0 Å². The lowest BCUT2D eigenvalue weighted by Crippen LogP contribution is -2.53. The summed E-state index contributed by atoms with van der Waals surface area (Å²) < 4.78 is 13.7. The number of nitrogens with one attached hydrogen (secondary N) is 1. The summed E-state index contributed by atoms with van der Waals surface area (Å²) >= 11 is 0. The van der Waals surface area contributed by atoms with E-state index < -0.39 is 0 Å². The molecule has 0 bridgehead atoms. The van der Waals surface area contributed by atoms with Crippen LogP contribution in [0.5, 0.6) is 0 Å². The van der Waals surface area contributed by atoms with E-state index in [0.29, 0.717) is 44.7 Å². The first-order chi connectivity index (χ1) is 10.1. The van der Waals surface area contributed by atoms with Gasteiger partial charge in [0.25, 0.3) is 0 Å². The van der Waals surface area contributed by atoms with Gasteiger partial charge in [0.05, 0.1) is 5.69 Å². The highest BCUT2D eigenvalue weighted by Gasteiger charge is 2.32. The molecule has 2 aliphatic rings. The second-order valence-electron chi connectivity index (χ2n) is 5.42. The molecule has 2 heterocycles. The molecule has 0 aliphatic carbocycles. The van der Waals surface area contributed by atoms with Gasteiger partial charge in [0.1, 0.15) is 11.9 Å². The molecule has 112 valence electrons. The number of amides is 2. The van der Waals surface area contributed by atoms with Crippen LogP contribution >= 0.6 is 0 Å². The fraction of sp³-hybridized carbons (Fsp3) is 0.467. The van der Waals surface area contributed by atoms with Gasteiger partial charge in [0.15, 0.2) is 0 Å². The van der Waals surface area contributed by atoms with Gasteiger partial charge in [-0.1, -0.05) is 12.1 Å². The Hall–Kier alpha value is -2.11. The highest BCUT2D eigenvalue weighted by atomic mass is 19.1. The van der Waals surface area contributed by atoms with Gasteiger partial charge in [-0.3, -0.25) is 9.59 Å². The first-order valence-electron chi connectivity index (χ1n) is 7.23. The van der Waals surface area contributed by atoms with E-state index in [9.17, 15) is 14.0 Å². The van der Waals surface area contributed by atoms with Crippen molar-refractivity contribution in [2.75, 3.05) is 31.1 Å². The minimum Gasteiger partial charge on any atom is -0.366 e. The molecule has 1 aromatic carbocycles. The molecule has 21 heavy (non-hydrogen) atoms. The molecule has 3 rings (SSSR count). The predicted molar refractivity (Wildman–Crippen MR) is 76.4 cm³/mol. The van der Waals surface area contributed by atoms with Gasteiger partial charge in [-0.25, -0.2) is 4.39 Å². The number of carbonyl (C=O) groups excluding carboxylic acids is 2. The van der Waals surface area contributed by atoms with Crippen molar-refractivity contribution in [3.8, 4) is 0 Å². The average molecular weight is 291 g/mol. The number of nitrogens with zero attached hydrogens (tertiary/aromatic N) is 2. The summed E-state index contributed by atoms with van der Waals surface area (Å²) in [6.07, 6.45) is 0.997. The lowest BCUT2D eigenvalue weighted by atomic mass is 10.1. The van der Waals surface area contributed by atoms with Crippen molar-refractivity contribution in [3.63, 3.8) is 0 Å². The maximum Gasteiger partial charge on any atom is 0.245 e. The van der Waals surface area contributed by atoms with E-state index in [4.69, 9.17) is 0 Å². The second-order valence-corrected chi connectivity index (χ2v) is 5.42. The molecule has 0 spiro atoms. The molecule has 1 aromatic rings. The third-order valence-electron chi connectivity index (χ3n) is 4.08. The molecule has 2 amide bonds. The van der Waals surface area contributed by atoms with Gasteiger partial charge in [0.2, 0.25) is 11.8 Å². The Kier molecular flexibility index (Phi) is 3.77. The molecule has 0 saturated carbocycles. The molecule has 2 fully saturated rings. The molecule has 1 N–H and O–H groups in total. The maximum absolute atomic E-state index is 13.7. The Bertz CT molecular complexity index is 556. The first-order valence-corrected chi connectivity index (χ1v) is 7.23. The highest BCUT2D eigenvalue weighted by molar-refractivity contribution is 5.90. The number of halogens is 1. The molecule has 1 atom stereocenters. The van der Waals surface area contributed by atoms with E-state index in [1.54, 1.807) is 17.0 Å². The molecule has 2 aliphatic heterocycles. The number of benzene rings is 1. The fourth-order valence-electron chi connectivity index (χ4n) is 2.90. The zero-order valence-electron chi connectivity index (χ0n) is 11.7. The number of rotatable bonds is 2. The van der Waals surface area contributed by atoms with E-state index in [2.05, 4.69) is 5.32 Å². The van der Waals surface area contributed by atoms with E-state index in [0.717, 1.165) is 0 Å². The van der Waals surface area contributed by atoms with Crippen LogP contribution in [0.2, 0.25) is 0 Å². The third-order valence-corrected chi connectivity index (χ3v) is 4.08. The molecular formula is C15H18FN3O2. The summed E-state index contributed by atoms with van der Waals surface area (Å²) in [5, 5.41) is 2.70. The van der Waals surface area contributed by atoms with E-state index in [1.807, 2.05) is 11.0 Å². The average Bonchev–Trinajstić information content (AvgIpc) is 2.94. The Morgan fingerprint density at radius 1 is 1.19 bits per heavy atom. The maximum atomic E-state index is 13.7. The number of hydrogen-bond donors (Lipinski definition) is 1. The minimum absolute atomic E-state index is 0.0194. The van der Waals surface area contributed by atoms with Gasteiger partial charge in [0, 0.05) is 32.6 Å². The van der Waals surface area contributed by atoms with Gasteiger partial charge in [-0.05, 0) is 18.6 Å². The van der Waals surface area contributed by atoms with Crippen molar-refractivity contribution >= 4 is 17.5 Å². The Labute approximate surface area is 122 Å². The molecule has 6 heteroatoms. The number of hydrogen-bond acceptors (Lipinski definition) is 3. The minimum atomic E-state index is -0.377. The lowest BCUT2D eigenvalue weighted by Gasteiger charge is -2.37. The fourth-order valence-corrected chi connectivity index (χ4v) is 2.90. The molecule has 5 nitrogen and oxygen atoms in total. The lowest BCUT2D eigenvalue weighted by molar-refractivity contribution is -0.134. The number of anilines is 1. The zero-order valence-corrected chi connectivity index (χ0v) is 11.7. The Balaban J connectivity index is 1.59. The zero-order chi connectivity index (χ0) is 14.8. The summed E-state index contributed by atoms with van der Waals surface area (Å²) in [5.74, 6) is -0.312. The Morgan fingerprint density at radius 3 is 2.52 bits per heavy atom. The normalized spacial score (nSPS) is 22.3. The summed E-state index contributed by atoms with van der Waals surface area (Å²) in [6.45, 7) is 2.32. The van der Waals surface area contributed by atoms with Crippen molar-refractivity contribution in [3.05, 3.63) is 30.1 Å². The summed E-state index contributed by atoms with van der Waals surface area (Å²) in [5.41, 5.74) is 0.582. The van der Waals surface area contributed by atoms with Crippen LogP contribution in [0, 0.1) is 5.82 Å². The van der Waals surface area contributed by atoms with Crippen LogP contribution in [0.1, 0.15) is 12.8 Å². The van der Waals surface area contributed by atoms with E-state index >= 15 is 0 Å². The number of para-hydroxylation sites is 1. The van der Waals surface area contributed by atoms with Crippen LogP contribution in [0.15, 0.2) is 24.3 Å². The Morgan fingerprint density at radius 2 is 1.90 bits per heavy atom. The highest BCUT2D eigenvalue weighted by Crippen LogP contribution is 2.20. The van der Waals surface area contributed by atoms with Gasteiger partial charge in [-0.15, -0.1) is 0 Å². The monoisotopic (exact) mass is 291 g/mol. The molecular weight excluding hydrogens is 273 g/mol. The summed E-state index contributed by atoms with van der Waals surface area (Å²) in [7, 11) is 0. The van der Waals surface area contributed by atoms with Crippen LogP contribution < -0.4 is 10.2 Å². The van der Waals surface area contributed by atoms with Crippen molar-refractivity contribution in [2.24, 2.45) is 0 Å². The van der Waals surface area contributed by atoms with Gasteiger partial charge < -0.3 is 15.1 Å². The second kappa shape index (κ2) is 5.71. The van der Waals surface area contributed by atoms with E-state index in [1.165, 1.54) is 6.07 Å². The van der Waals surface area contributed by atoms with Crippen LogP contribution in [-0.2, 0) is 9.59 Å². The SMILES string of the molecule is O=C1CCC(C(=O)N2CCN(c3ccccc3F)CC2)N1. The van der Waals surface area contributed by atoms with Crippen LogP contribution in [0.4, 0.5) is 10.1 Å². The van der Waals surface area contributed by atoms with Crippen LogP contribution in [0.3, 0.4) is 0 Å². The first kappa shape index (κ1) is 13.9. The molecule has 0 radical (unpaired) electrons. The summed E-state index contributed by atoms with van der Waals surface area (Å²) in [6, 6.07) is 6.30. The molecule has 1 unspecified atom stereocenters. The van der Waals surface area contributed by atoms with Crippen molar-refractivity contribution < 1.29 is 14.0 Å². The standard InChI is InChI=1S/C15H18FN3O2/c16-11-3-1-2-4-13(11)18-7-9-19(10-8-18)15(21)12-5-6-14(20)17-12/h1-4,12H,5-10H2,(H,17,20). The number of carbonyl (C=O) groups is 2. The molecule has 2 saturated heterocycles. The smallest absolute Gasteiger partial charge is 0.245 e. The quantitative estimate of drug-likeness (QED) is 0.875. The van der Waals surface area contributed by atoms with E-state index in [-0.39, 0.29) is 23.7 Å². The predicted octanol–water partition coefficient (Wildman–Crippen LogP) is 0.753.